The third-order valence-electron chi connectivity index (χ3n) is 4.28. The maximum absolute atomic E-state index is 5.31. The molecule has 3 nitrogen and oxygen atoms in total. The quantitative estimate of drug-likeness (QED) is 0.847. The molecule has 18 heavy (non-hydrogen) atoms. The number of hydrogen-bond donors (Lipinski definition) is 2. The molecular formula is C15H22N2O. The van der Waals surface area contributed by atoms with Gasteiger partial charge in [0.15, 0.2) is 0 Å². The van der Waals surface area contributed by atoms with Crippen LogP contribution in [0, 0.1) is 0 Å². The predicted molar refractivity (Wildman–Crippen MR) is 72.7 cm³/mol. The van der Waals surface area contributed by atoms with Crippen LogP contribution in [-0.4, -0.2) is 32.3 Å². The molecule has 0 spiro atoms. The minimum atomic E-state index is 0.485. The molecule has 2 aliphatic rings. The first-order valence-corrected chi connectivity index (χ1v) is 6.91. The third kappa shape index (κ3) is 2.44. The van der Waals surface area contributed by atoms with Crippen molar-refractivity contribution in [2.45, 2.75) is 37.5 Å². The molecule has 1 aromatic rings. The van der Waals surface area contributed by atoms with Crippen LogP contribution >= 0.6 is 0 Å². The van der Waals surface area contributed by atoms with Crippen LogP contribution < -0.4 is 10.6 Å². The smallest absolute Gasteiger partial charge is 0.0601 e. The van der Waals surface area contributed by atoms with Crippen molar-refractivity contribution >= 4 is 0 Å². The number of methoxy groups -OCH3 is 1. The van der Waals surface area contributed by atoms with E-state index < -0.39 is 0 Å². The Bertz CT molecular complexity index is 401. The largest absolute Gasteiger partial charge is 0.381 e. The van der Waals surface area contributed by atoms with E-state index in [2.05, 4.69) is 34.9 Å². The molecule has 3 rings (SSSR count). The summed E-state index contributed by atoms with van der Waals surface area (Å²) in [4.78, 5) is 0. The summed E-state index contributed by atoms with van der Waals surface area (Å²) in [6, 6.07) is 9.46. The van der Waals surface area contributed by atoms with Gasteiger partial charge in [0, 0.05) is 38.7 Å². The van der Waals surface area contributed by atoms with E-state index in [-0.39, 0.29) is 0 Å². The lowest BCUT2D eigenvalue weighted by atomic mass is 9.87. The molecule has 0 radical (unpaired) electrons. The van der Waals surface area contributed by atoms with Crippen molar-refractivity contribution in [2.75, 3.05) is 20.2 Å². The van der Waals surface area contributed by atoms with Gasteiger partial charge in [-0.1, -0.05) is 24.3 Å². The summed E-state index contributed by atoms with van der Waals surface area (Å²) in [5.74, 6) is 0.608. The summed E-state index contributed by atoms with van der Waals surface area (Å²) in [7, 11) is 1.81. The van der Waals surface area contributed by atoms with Crippen molar-refractivity contribution in [3.8, 4) is 0 Å². The number of hydrogen-bond acceptors (Lipinski definition) is 3. The SMILES string of the molecule is COC1CC(NCC2CNCc3ccccc32)C1. The Kier molecular flexibility index (Phi) is 3.64. The van der Waals surface area contributed by atoms with Gasteiger partial charge in [-0.2, -0.15) is 0 Å². The van der Waals surface area contributed by atoms with Gasteiger partial charge in [0.25, 0.3) is 0 Å². The lowest BCUT2D eigenvalue weighted by Crippen LogP contribution is -2.47. The van der Waals surface area contributed by atoms with E-state index in [0.29, 0.717) is 18.1 Å². The molecule has 1 heterocycles. The Morgan fingerprint density at radius 3 is 3.00 bits per heavy atom. The average molecular weight is 246 g/mol. The summed E-state index contributed by atoms with van der Waals surface area (Å²) < 4.78 is 5.31. The van der Waals surface area contributed by atoms with Gasteiger partial charge in [-0.3, -0.25) is 0 Å². The van der Waals surface area contributed by atoms with E-state index in [1.54, 1.807) is 0 Å². The Hall–Kier alpha value is -0.900. The second kappa shape index (κ2) is 5.39. The molecule has 1 fully saturated rings. The Labute approximate surface area is 109 Å². The predicted octanol–water partition coefficient (Wildman–Crippen LogP) is 1.64. The van der Waals surface area contributed by atoms with Crippen molar-refractivity contribution in [1.82, 2.24) is 10.6 Å². The summed E-state index contributed by atoms with van der Waals surface area (Å²) in [6.45, 7) is 3.18. The second-order valence-corrected chi connectivity index (χ2v) is 5.46. The molecule has 0 saturated heterocycles. The van der Waals surface area contributed by atoms with Gasteiger partial charge in [-0.15, -0.1) is 0 Å². The van der Waals surface area contributed by atoms with Crippen LogP contribution in [0.25, 0.3) is 0 Å². The first-order chi connectivity index (χ1) is 8.86. The fourth-order valence-electron chi connectivity index (χ4n) is 3.00. The molecule has 3 heteroatoms. The van der Waals surface area contributed by atoms with E-state index in [1.807, 2.05) is 7.11 Å². The fraction of sp³-hybridized carbons (Fsp3) is 0.600. The Morgan fingerprint density at radius 1 is 1.33 bits per heavy atom. The number of fused-ring (bicyclic) bond motifs is 1. The fourth-order valence-corrected chi connectivity index (χ4v) is 3.00. The highest BCUT2D eigenvalue weighted by molar-refractivity contribution is 5.32. The van der Waals surface area contributed by atoms with Crippen molar-refractivity contribution in [2.24, 2.45) is 0 Å². The first kappa shape index (κ1) is 12.2. The van der Waals surface area contributed by atoms with Crippen molar-refractivity contribution in [3.63, 3.8) is 0 Å². The van der Waals surface area contributed by atoms with Gasteiger partial charge in [-0.25, -0.2) is 0 Å². The number of rotatable bonds is 4. The number of benzene rings is 1. The molecule has 1 saturated carbocycles. The number of ether oxygens (including phenoxy) is 1. The van der Waals surface area contributed by atoms with Gasteiger partial charge in [0.2, 0.25) is 0 Å². The molecule has 98 valence electrons. The summed E-state index contributed by atoms with van der Waals surface area (Å²) in [5, 5.41) is 7.18. The molecular weight excluding hydrogens is 224 g/mol. The molecule has 1 aliphatic carbocycles. The molecule has 0 amide bonds. The van der Waals surface area contributed by atoms with Crippen LogP contribution in [0.3, 0.4) is 0 Å². The van der Waals surface area contributed by atoms with Gasteiger partial charge >= 0.3 is 0 Å². The van der Waals surface area contributed by atoms with Crippen molar-refractivity contribution < 1.29 is 4.74 Å². The van der Waals surface area contributed by atoms with Gasteiger partial charge in [0.1, 0.15) is 0 Å². The van der Waals surface area contributed by atoms with Gasteiger partial charge in [0.05, 0.1) is 6.10 Å². The van der Waals surface area contributed by atoms with Crippen molar-refractivity contribution in [3.05, 3.63) is 35.4 Å². The van der Waals surface area contributed by atoms with E-state index in [0.717, 1.165) is 32.5 Å². The van der Waals surface area contributed by atoms with E-state index in [9.17, 15) is 0 Å². The summed E-state index contributed by atoms with van der Waals surface area (Å²) in [5.41, 5.74) is 2.98. The van der Waals surface area contributed by atoms with Crippen LogP contribution in [0.1, 0.15) is 29.9 Å². The topological polar surface area (TPSA) is 33.3 Å². The normalized spacial score (nSPS) is 30.6. The lowest BCUT2D eigenvalue weighted by Gasteiger charge is -2.36. The van der Waals surface area contributed by atoms with Crippen LogP contribution in [0.2, 0.25) is 0 Å². The monoisotopic (exact) mass is 246 g/mol. The third-order valence-corrected chi connectivity index (χ3v) is 4.28. The minimum Gasteiger partial charge on any atom is -0.381 e. The van der Waals surface area contributed by atoms with Crippen LogP contribution in [0.15, 0.2) is 24.3 Å². The average Bonchev–Trinajstić information content (AvgIpc) is 2.37. The van der Waals surface area contributed by atoms with E-state index >= 15 is 0 Å². The maximum atomic E-state index is 5.31. The van der Waals surface area contributed by atoms with E-state index in [1.165, 1.54) is 11.1 Å². The highest BCUT2D eigenvalue weighted by Crippen LogP contribution is 2.26. The van der Waals surface area contributed by atoms with Crippen molar-refractivity contribution in [1.29, 1.82) is 0 Å². The zero-order valence-corrected chi connectivity index (χ0v) is 11.0. The maximum Gasteiger partial charge on any atom is 0.0601 e. The van der Waals surface area contributed by atoms with Gasteiger partial charge in [-0.05, 0) is 24.0 Å². The van der Waals surface area contributed by atoms with Crippen LogP contribution in [0.4, 0.5) is 0 Å². The van der Waals surface area contributed by atoms with E-state index in [4.69, 9.17) is 4.74 Å². The highest BCUT2D eigenvalue weighted by Gasteiger charge is 2.29. The summed E-state index contributed by atoms with van der Waals surface area (Å²) >= 11 is 0. The second-order valence-electron chi connectivity index (χ2n) is 5.46. The molecule has 2 N–H and O–H groups in total. The molecule has 1 aliphatic heterocycles. The lowest BCUT2D eigenvalue weighted by molar-refractivity contribution is 0.0171. The summed E-state index contributed by atoms with van der Waals surface area (Å²) in [6.07, 6.45) is 2.82. The van der Waals surface area contributed by atoms with Crippen LogP contribution in [-0.2, 0) is 11.3 Å². The molecule has 0 aromatic heterocycles. The first-order valence-electron chi connectivity index (χ1n) is 6.91. The standard InChI is InChI=1S/C15H22N2O/c1-18-14-6-13(7-14)17-10-12-9-16-8-11-4-2-3-5-15(11)12/h2-5,12-14,16-17H,6-10H2,1H3. The number of nitrogens with one attached hydrogen (secondary N) is 2. The highest BCUT2D eigenvalue weighted by atomic mass is 16.5. The molecule has 1 unspecified atom stereocenters. The zero-order chi connectivity index (χ0) is 12.4. The Balaban J connectivity index is 1.55. The minimum absolute atomic E-state index is 0.485. The van der Waals surface area contributed by atoms with Crippen LogP contribution in [0.5, 0.6) is 0 Å². The van der Waals surface area contributed by atoms with Gasteiger partial charge < -0.3 is 15.4 Å². The molecule has 1 atom stereocenters. The molecule has 1 aromatic carbocycles. The molecule has 0 bridgehead atoms. The zero-order valence-electron chi connectivity index (χ0n) is 11.0. The Morgan fingerprint density at radius 2 is 2.17 bits per heavy atom.